The molecule has 2 N–H and O–H groups in total. The fraction of sp³-hybridized carbons (Fsp3) is 0.583. The van der Waals surface area contributed by atoms with Gasteiger partial charge in [0.25, 0.3) is 5.91 Å². The Morgan fingerprint density at radius 2 is 2.35 bits per heavy atom. The zero-order valence-electron chi connectivity index (χ0n) is 9.96. The first kappa shape index (κ1) is 14.1. The summed E-state index contributed by atoms with van der Waals surface area (Å²) in [7, 11) is 0. The van der Waals surface area contributed by atoms with Crippen molar-refractivity contribution in [2.75, 3.05) is 6.54 Å². The number of piperidine rings is 1. The van der Waals surface area contributed by atoms with Gasteiger partial charge in [0.1, 0.15) is 6.26 Å². The SMILES string of the molecule is CC(N)C1CCCCN1C(=O)c1ccoc1.Cl. The summed E-state index contributed by atoms with van der Waals surface area (Å²) in [5.74, 6) is 0.0377. The number of halogens is 1. The number of likely N-dealkylation sites (tertiary alicyclic amines) is 1. The van der Waals surface area contributed by atoms with Gasteiger partial charge in [0.05, 0.1) is 11.8 Å². The van der Waals surface area contributed by atoms with E-state index in [1.165, 1.54) is 12.5 Å². The van der Waals surface area contributed by atoms with Crippen LogP contribution in [-0.2, 0) is 0 Å². The van der Waals surface area contributed by atoms with E-state index < -0.39 is 0 Å². The molecule has 2 atom stereocenters. The quantitative estimate of drug-likeness (QED) is 0.883. The second-order valence-corrected chi connectivity index (χ2v) is 4.43. The Kier molecular flexibility index (Phi) is 5.02. The maximum absolute atomic E-state index is 12.2. The van der Waals surface area contributed by atoms with Crippen LogP contribution in [-0.4, -0.2) is 29.4 Å². The second kappa shape index (κ2) is 6.07. The minimum absolute atomic E-state index is 0. The van der Waals surface area contributed by atoms with Gasteiger partial charge < -0.3 is 15.1 Å². The molecule has 96 valence electrons. The molecule has 2 heterocycles. The highest BCUT2D eigenvalue weighted by atomic mass is 35.5. The molecule has 1 fully saturated rings. The molecule has 17 heavy (non-hydrogen) atoms. The predicted molar refractivity (Wildman–Crippen MR) is 68.3 cm³/mol. The first-order valence-electron chi connectivity index (χ1n) is 5.79. The van der Waals surface area contributed by atoms with Gasteiger partial charge in [-0.3, -0.25) is 4.79 Å². The van der Waals surface area contributed by atoms with Crippen LogP contribution in [0.3, 0.4) is 0 Å². The van der Waals surface area contributed by atoms with E-state index in [-0.39, 0.29) is 30.4 Å². The molecule has 0 spiro atoms. The first-order chi connectivity index (χ1) is 7.70. The number of carbonyl (C=O) groups is 1. The molecular formula is C12H19ClN2O2. The zero-order valence-corrected chi connectivity index (χ0v) is 10.8. The highest BCUT2D eigenvalue weighted by Gasteiger charge is 2.30. The molecule has 1 aliphatic rings. The van der Waals surface area contributed by atoms with Crippen molar-refractivity contribution in [1.29, 1.82) is 0 Å². The average molecular weight is 259 g/mol. The number of hydrogen-bond donors (Lipinski definition) is 1. The summed E-state index contributed by atoms with van der Waals surface area (Å²) in [5, 5.41) is 0. The van der Waals surface area contributed by atoms with Gasteiger partial charge in [0.2, 0.25) is 0 Å². The minimum atomic E-state index is 0. The third kappa shape index (κ3) is 3.01. The van der Waals surface area contributed by atoms with E-state index in [0.717, 1.165) is 25.8 Å². The molecule has 1 amide bonds. The van der Waals surface area contributed by atoms with E-state index in [4.69, 9.17) is 10.2 Å². The van der Waals surface area contributed by atoms with Crippen LogP contribution in [0.4, 0.5) is 0 Å². The van der Waals surface area contributed by atoms with Gasteiger partial charge in [0, 0.05) is 18.6 Å². The number of rotatable bonds is 2. The predicted octanol–water partition coefficient (Wildman–Crippen LogP) is 2.04. The zero-order chi connectivity index (χ0) is 11.5. The first-order valence-corrected chi connectivity index (χ1v) is 5.79. The number of amides is 1. The lowest BCUT2D eigenvalue weighted by Crippen LogP contribution is -2.51. The van der Waals surface area contributed by atoms with Crippen molar-refractivity contribution in [3.63, 3.8) is 0 Å². The lowest BCUT2D eigenvalue weighted by molar-refractivity contribution is 0.0583. The van der Waals surface area contributed by atoms with Gasteiger partial charge >= 0.3 is 0 Å². The van der Waals surface area contributed by atoms with Crippen LogP contribution in [0.2, 0.25) is 0 Å². The van der Waals surface area contributed by atoms with Crippen LogP contribution < -0.4 is 5.73 Å². The van der Waals surface area contributed by atoms with Crippen molar-refractivity contribution in [3.05, 3.63) is 24.2 Å². The summed E-state index contributed by atoms with van der Waals surface area (Å²) >= 11 is 0. The van der Waals surface area contributed by atoms with Crippen LogP contribution >= 0.6 is 12.4 Å². The van der Waals surface area contributed by atoms with Gasteiger partial charge in [-0.05, 0) is 32.3 Å². The summed E-state index contributed by atoms with van der Waals surface area (Å²) < 4.78 is 4.94. The highest BCUT2D eigenvalue weighted by molar-refractivity contribution is 5.94. The van der Waals surface area contributed by atoms with Crippen molar-refractivity contribution in [3.8, 4) is 0 Å². The van der Waals surface area contributed by atoms with E-state index in [2.05, 4.69) is 0 Å². The number of nitrogens with zero attached hydrogens (tertiary/aromatic N) is 1. The second-order valence-electron chi connectivity index (χ2n) is 4.43. The summed E-state index contributed by atoms with van der Waals surface area (Å²) in [6.07, 6.45) is 6.24. The Labute approximate surface area is 108 Å². The van der Waals surface area contributed by atoms with Gasteiger partial charge in [-0.2, -0.15) is 0 Å². The van der Waals surface area contributed by atoms with E-state index in [0.29, 0.717) is 5.56 Å². The fourth-order valence-electron chi connectivity index (χ4n) is 2.31. The molecule has 1 aliphatic heterocycles. The third-order valence-corrected chi connectivity index (χ3v) is 3.19. The largest absolute Gasteiger partial charge is 0.472 e. The molecule has 0 aromatic carbocycles. The smallest absolute Gasteiger partial charge is 0.257 e. The molecule has 4 nitrogen and oxygen atoms in total. The molecule has 0 radical (unpaired) electrons. The van der Waals surface area contributed by atoms with Crippen LogP contribution in [0.1, 0.15) is 36.5 Å². The lowest BCUT2D eigenvalue weighted by Gasteiger charge is -2.37. The van der Waals surface area contributed by atoms with Gasteiger partial charge in [-0.25, -0.2) is 0 Å². The van der Waals surface area contributed by atoms with E-state index in [9.17, 15) is 4.79 Å². The summed E-state index contributed by atoms with van der Waals surface area (Å²) in [4.78, 5) is 14.1. The standard InChI is InChI=1S/C12H18N2O2.ClH/c1-9(13)11-4-2-3-6-14(11)12(15)10-5-7-16-8-10;/h5,7-9,11H,2-4,6,13H2,1H3;1H. The molecule has 1 saturated heterocycles. The molecule has 1 aromatic heterocycles. The molecule has 2 rings (SSSR count). The fourth-order valence-corrected chi connectivity index (χ4v) is 2.31. The number of furan rings is 1. The highest BCUT2D eigenvalue weighted by Crippen LogP contribution is 2.21. The van der Waals surface area contributed by atoms with Crippen molar-refractivity contribution >= 4 is 18.3 Å². The van der Waals surface area contributed by atoms with Crippen LogP contribution in [0, 0.1) is 0 Å². The maximum atomic E-state index is 12.2. The van der Waals surface area contributed by atoms with E-state index >= 15 is 0 Å². The molecule has 5 heteroatoms. The molecular weight excluding hydrogens is 240 g/mol. The summed E-state index contributed by atoms with van der Waals surface area (Å²) in [6, 6.07) is 1.89. The Balaban J connectivity index is 0.00000144. The average Bonchev–Trinajstić information content (AvgIpc) is 2.81. The van der Waals surface area contributed by atoms with Crippen LogP contribution in [0.25, 0.3) is 0 Å². The van der Waals surface area contributed by atoms with Crippen LogP contribution in [0.5, 0.6) is 0 Å². The number of carbonyl (C=O) groups excluding carboxylic acids is 1. The third-order valence-electron chi connectivity index (χ3n) is 3.19. The van der Waals surface area contributed by atoms with E-state index in [1.54, 1.807) is 6.07 Å². The topological polar surface area (TPSA) is 59.5 Å². The summed E-state index contributed by atoms with van der Waals surface area (Å²) in [6.45, 7) is 2.77. The van der Waals surface area contributed by atoms with Crippen molar-refractivity contribution in [2.45, 2.75) is 38.3 Å². The lowest BCUT2D eigenvalue weighted by atomic mass is 9.96. The normalized spacial score (nSPS) is 21.8. The monoisotopic (exact) mass is 258 g/mol. The molecule has 0 bridgehead atoms. The Morgan fingerprint density at radius 3 is 2.94 bits per heavy atom. The van der Waals surface area contributed by atoms with Gasteiger partial charge in [-0.1, -0.05) is 0 Å². The maximum Gasteiger partial charge on any atom is 0.257 e. The van der Waals surface area contributed by atoms with E-state index in [1.807, 2.05) is 11.8 Å². The number of hydrogen-bond acceptors (Lipinski definition) is 3. The van der Waals surface area contributed by atoms with Crippen molar-refractivity contribution in [2.24, 2.45) is 5.73 Å². The van der Waals surface area contributed by atoms with Crippen LogP contribution in [0.15, 0.2) is 23.0 Å². The van der Waals surface area contributed by atoms with Gasteiger partial charge in [-0.15, -0.1) is 12.4 Å². The minimum Gasteiger partial charge on any atom is -0.472 e. The molecule has 2 unspecified atom stereocenters. The van der Waals surface area contributed by atoms with Crippen molar-refractivity contribution in [1.82, 2.24) is 4.90 Å². The summed E-state index contributed by atoms with van der Waals surface area (Å²) in [5.41, 5.74) is 6.55. The Bertz CT molecular complexity index is 351. The Morgan fingerprint density at radius 1 is 1.59 bits per heavy atom. The molecule has 0 aliphatic carbocycles. The Hall–Kier alpha value is -1.00. The molecule has 1 aromatic rings. The molecule has 0 saturated carbocycles. The number of nitrogens with two attached hydrogens (primary N) is 1. The van der Waals surface area contributed by atoms with Crippen molar-refractivity contribution < 1.29 is 9.21 Å². The van der Waals surface area contributed by atoms with Gasteiger partial charge in [0.15, 0.2) is 0 Å².